The first kappa shape index (κ1) is 12.5. The highest BCUT2D eigenvalue weighted by atomic mass is 16.1. The number of Topliss-reactive ketones (excluding diaryl/α,β-unsaturated/α-hetero) is 1. The monoisotopic (exact) mass is 214 g/mol. The van der Waals surface area contributed by atoms with Crippen LogP contribution < -0.4 is 0 Å². The Morgan fingerprint density at radius 2 is 1.81 bits per heavy atom. The number of carbonyl (C=O) groups is 1. The average molecular weight is 214 g/mol. The van der Waals surface area contributed by atoms with E-state index in [2.05, 4.69) is 11.8 Å². The van der Waals surface area contributed by atoms with Gasteiger partial charge in [0.25, 0.3) is 0 Å². The van der Waals surface area contributed by atoms with Crippen molar-refractivity contribution < 1.29 is 4.79 Å². The number of hydrogen-bond acceptors (Lipinski definition) is 1. The van der Waals surface area contributed by atoms with Crippen LogP contribution in [0.2, 0.25) is 0 Å². The van der Waals surface area contributed by atoms with Gasteiger partial charge in [-0.1, -0.05) is 50.8 Å². The number of rotatable bonds is 2. The van der Waals surface area contributed by atoms with Crippen molar-refractivity contribution in [2.45, 2.75) is 33.6 Å². The van der Waals surface area contributed by atoms with Crippen molar-refractivity contribution in [3.05, 3.63) is 35.9 Å². The molecule has 1 aromatic rings. The maximum Gasteiger partial charge on any atom is 0.139 e. The summed E-state index contributed by atoms with van der Waals surface area (Å²) in [6, 6.07) is 9.83. The maximum atomic E-state index is 11.6. The fraction of sp³-hybridized carbons (Fsp3) is 0.400. The standard InChI is InChI=1S/C15H18O/c1-15(2,3)14(16)12-8-7-11-13-9-5-4-6-10-13/h4-6,9-10H,8,12H2,1-3H3. The minimum atomic E-state index is -0.242. The summed E-state index contributed by atoms with van der Waals surface area (Å²) in [5.41, 5.74) is 0.764. The van der Waals surface area contributed by atoms with Gasteiger partial charge in [0.15, 0.2) is 0 Å². The van der Waals surface area contributed by atoms with E-state index in [9.17, 15) is 4.79 Å². The third-order valence-corrected chi connectivity index (χ3v) is 2.32. The maximum absolute atomic E-state index is 11.6. The summed E-state index contributed by atoms with van der Waals surface area (Å²) in [4.78, 5) is 11.6. The molecule has 0 fully saturated rings. The van der Waals surface area contributed by atoms with Gasteiger partial charge in [0, 0.05) is 23.8 Å². The molecule has 16 heavy (non-hydrogen) atoms. The summed E-state index contributed by atoms with van der Waals surface area (Å²) in [6.07, 6.45) is 1.19. The highest BCUT2D eigenvalue weighted by molar-refractivity contribution is 5.83. The van der Waals surface area contributed by atoms with E-state index in [4.69, 9.17) is 0 Å². The van der Waals surface area contributed by atoms with Crippen LogP contribution >= 0.6 is 0 Å². The quantitative estimate of drug-likeness (QED) is 0.689. The van der Waals surface area contributed by atoms with Crippen LogP contribution in [-0.2, 0) is 4.79 Å². The van der Waals surface area contributed by atoms with E-state index in [-0.39, 0.29) is 11.2 Å². The molecule has 0 saturated heterocycles. The molecule has 0 aromatic heterocycles. The van der Waals surface area contributed by atoms with Crippen molar-refractivity contribution in [1.29, 1.82) is 0 Å². The Morgan fingerprint density at radius 3 is 2.38 bits per heavy atom. The van der Waals surface area contributed by atoms with Crippen molar-refractivity contribution in [2.24, 2.45) is 5.41 Å². The molecule has 0 amide bonds. The van der Waals surface area contributed by atoms with Gasteiger partial charge in [-0.05, 0) is 12.1 Å². The van der Waals surface area contributed by atoms with Crippen LogP contribution in [-0.4, -0.2) is 5.78 Å². The highest BCUT2D eigenvalue weighted by Crippen LogP contribution is 2.17. The molecule has 84 valence electrons. The molecule has 1 heteroatoms. The molecule has 0 aliphatic heterocycles. The van der Waals surface area contributed by atoms with Crippen molar-refractivity contribution in [2.75, 3.05) is 0 Å². The van der Waals surface area contributed by atoms with Gasteiger partial charge in [-0.25, -0.2) is 0 Å². The summed E-state index contributed by atoms with van der Waals surface area (Å²) in [6.45, 7) is 5.83. The fourth-order valence-electron chi connectivity index (χ4n) is 1.24. The lowest BCUT2D eigenvalue weighted by Gasteiger charge is -2.14. The molecule has 0 spiro atoms. The summed E-state index contributed by atoms with van der Waals surface area (Å²) < 4.78 is 0. The van der Waals surface area contributed by atoms with E-state index in [0.29, 0.717) is 12.8 Å². The first-order chi connectivity index (χ1) is 7.50. The Kier molecular flexibility index (Phi) is 4.31. The van der Waals surface area contributed by atoms with Crippen LogP contribution in [0, 0.1) is 17.3 Å². The Bertz CT molecular complexity index is 399. The van der Waals surface area contributed by atoms with Crippen molar-refractivity contribution in [1.82, 2.24) is 0 Å². The van der Waals surface area contributed by atoms with Crippen LogP contribution in [0.3, 0.4) is 0 Å². The number of ketones is 1. The van der Waals surface area contributed by atoms with Crippen LogP contribution in [0.5, 0.6) is 0 Å². The lowest BCUT2D eigenvalue weighted by Crippen LogP contribution is -2.19. The van der Waals surface area contributed by atoms with E-state index in [0.717, 1.165) is 5.56 Å². The average Bonchev–Trinajstić information content (AvgIpc) is 2.24. The van der Waals surface area contributed by atoms with Crippen LogP contribution in [0.1, 0.15) is 39.2 Å². The van der Waals surface area contributed by atoms with Gasteiger partial charge < -0.3 is 0 Å². The summed E-state index contributed by atoms with van der Waals surface area (Å²) in [5.74, 6) is 6.36. The number of carbonyl (C=O) groups excluding carboxylic acids is 1. The lowest BCUT2D eigenvalue weighted by molar-refractivity contribution is -0.126. The Hall–Kier alpha value is -1.55. The van der Waals surface area contributed by atoms with E-state index in [1.54, 1.807) is 0 Å². The Balaban J connectivity index is 2.43. The molecular weight excluding hydrogens is 196 g/mol. The molecule has 1 rings (SSSR count). The van der Waals surface area contributed by atoms with Crippen molar-refractivity contribution >= 4 is 5.78 Å². The van der Waals surface area contributed by atoms with Crippen molar-refractivity contribution in [3.63, 3.8) is 0 Å². The minimum absolute atomic E-state index is 0.242. The van der Waals surface area contributed by atoms with E-state index < -0.39 is 0 Å². The first-order valence-electron chi connectivity index (χ1n) is 5.57. The van der Waals surface area contributed by atoms with E-state index in [1.165, 1.54) is 0 Å². The minimum Gasteiger partial charge on any atom is -0.299 e. The Labute approximate surface area is 97.9 Å². The molecule has 0 heterocycles. The zero-order chi connectivity index (χ0) is 12.0. The predicted molar refractivity (Wildman–Crippen MR) is 67.0 cm³/mol. The third-order valence-electron chi connectivity index (χ3n) is 2.32. The zero-order valence-corrected chi connectivity index (χ0v) is 10.2. The van der Waals surface area contributed by atoms with Crippen LogP contribution in [0.4, 0.5) is 0 Å². The molecule has 1 aromatic carbocycles. The van der Waals surface area contributed by atoms with Gasteiger partial charge in [-0.3, -0.25) is 4.79 Å². The first-order valence-corrected chi connectivity index (χ1v) is 5.57. The van der Waals surface area contributed by atoms with Crippen molar-refractivity contribution in [3.8, 4) is 11.8 Å². The number of benzene rings is 1. The summed E-state index contributed by atoms with van der Waals surface area (Å²) in [5, 5.41) is 0. The second-order valence-electron chi connectivity index (χ2n) is 4.84. The topological polar surface area (TPSA) is 17.1 Å². The fourth-order valence-corrected chi connectivity index (χ4v) is 1.24. The largest absolute Gasteiger partial charge is 0.299 e. The van der Waals surface area contributed by atoms with Crippen LogP contribution in [0.25, 0.3) is 0 Å². The molecule has 0 N–H and O–H groups in total. The molecule has 0 aliphatic rings. The van der Waals surface area contributed by atoms with Gasteiger partial charge in [-0.2, -0.15) is 0 Å². The molecular formula is C15H18O. The summed E-state index contributed by atoms with van der Waals surface area (Å²) >= 11 is 0. The molecule has 0 atom stereocenters. The zero-order valence-electron chi connectivity index (χ0n) is 10.2. The van der Waals surface area contributed by atoms with Gasteiger partial charge in [0.1, 0.15) is 5.78 Å². The second kappa shape index (κ2) is 5.51. The second-order valence-corrected chi connectivity index (χ2v) is 4.84. The smallest absolute Gasteiger partial charge is 0.139 e. The Morgan fingerprint density at radius 1 is 1.19 bits per heavy atom. The third kappa shape index (κ3) is 4.31. The van der Waals surface area contributed by atoms with Gasteiger partial charge in [0.05, 0.1) is 0 Å². The van der Waals surface area contributed by atoms with E-state index >= 15 is 0 Å². The molecule has 0 saturated carbocycles. The molecule has 0 aliphatic carbocycles. The predicted octanol–water partition coefficient (Wildman–Crippen LogP) is 3.43. The lowest BCUT2D eigenvalue weighted by atomic mass is 9.88. The van der Waals surface area contributed by atoms with Gasteiger partial charge >= 0.3 is 0 Å². The number of hydrogen-bond donors (Lipinski definition) is 0. The van der Waals surface area contributed by atoms with E-state index in [1.807, 2.05) is 51.1 Å². The normalized spacial score (nSPS) is 10.4. The van der Waals surface area contributed by atoms with Gasteiger partial charge in [-0.15, -0.1) is 0 Å². The van der Waals surface area contributed by atoms with Crippen LogP contribution in [0.15, 0.2) is 30.3 Å². The SMILES string of the molecule is CC(C)(C)C(=O)CCC#Cc1ccccc1. The van der Waals surface area contributed by atoms with Gasteiger partial charge in [0.2, 0.25) is 0 Å². The molecule has 0 bridgehead atoms. The summed E-state index contributed by atoms with van der Waals surface area (Å²) in [7, 11) is 0. The highest BCUT2D eigenvalue weighted by Gasteiger charge is 2.19. The molecule has 0 unspecified atom stereocenters. The molecule has 1 nitrogen and oxygen atoms in total. The molecule has 0 radical (unpaired) electrons.